The smallest absolute Gasteiger partial charge is 0.326 e. The van der Waals surface area contributed by atoms with Gasteiger partial charge in [0.25, 0.3) is 5.91 Å². The summed E-state index contributed by atoms with van der Waals surface area (Å²) in [7, 11) is 1.72. The minimum absolute atomic E-state index is 0.0341. The fourth-order valence-electron chi connectivity index (χ4n) is 1.94. The van der Waals surface area contributed by atoms with Gasteiger partial charge in [-0.2, -0.15) is 0 Å². The number of amides is 1. The molecule has 1 fully saturated rings. The first-order valence-electron chi connectivity index (χ1n) is 5.19. The Morgan fingerprint density at radius 1 is 1.53 bits per heavy atom. The molecule has 7 nitrogen and oxygen atoms in total. The number of carboxylic acid groups (broad SMARTS) is 1. The van der Waals surface area contributed by atoms with E-state index in [1.54, 1.807) is 11.6 Å². The number of aromatic nitrogens is 2. The van der Waals surface area contributed by atoms with Crippen LogP contribution in [0.15, 0.2) is 12.5 Å². The summed E-state index contributed by atoms with van der Waals surface area (Å²) in [5, 5.41) is 18.4. The van der Waals surface area contributed by atoms with Gasteiger partial charge < -0.3 is 19.7 Å². The maximum Gasteiger partial charge on any atom is 0.326 e. The molecule has 17 heavy (non-hydrogen) atoms. The normalized spacial score (nSPS) is 24.0. The molecule has 0 aliphatic carbocycles. The fourth-order valence-corrected chi connectivity index (χ4v) is 1.94. The summed E-state index contributed by atoms with van der Waals surface area (Å²) in [6.45, 7) is 0.0341. The van der Waals surface area contributed by atoms with Gasteiger partial charge in [-0.3, -0.25) is 4.79 Å². The number of carbonyl (C=O) groups is 2. The summed E-state index contributed by atoms with van der Waals surface area (Å²) in [5.41, 5.74) is 0.188. The van der Waals surface area contributed by atoms with Gasteiger partial charge in [-0.1, -0.05) is 0 Å². The highest BCUT2D eigenvalue weighted by Gasteiger charge is 2.39. The molecular formula is C10H13N3O4. The summed E-state index contributed by atoms with van der Waals surface area (Å²) < 4.78 is 1.61. The minimum Gasteiger partial charge on any atom is -0.480 e. The largest absolute Gasteiger partial charge is 0.480 e. The maximum atomic E-state index is 12.0. The zero-order valence-corrected chi connectivity index (χ0v) is 9.28. The molecule has 1 aromatic rings. The van der Waals surface area contributed by atoms with E-state index < -0.39 is 24.0 Å². The van der Waals surface area contributed by atoms with Gasteiger partial charge in [-0.15, -0.1) is 0 Å². The number of carboxylic acids is 1. The zero-order chi connectivity index (χ0) is 12.6. The molecule has 2 N–H and O–H groups in total. The Balaban J connectivity index is 2.21. The third-order valence-electron chi connectivity index (χ3n) is 2.75. The third-order valence-corrected chi connectivity index (χ3v) is 2.75. The average molecular weight is 239 g/mol. The molecule has 2 heterocycles. The Bertz CT molecular complexity index is 456. The highest BCUT2D eigenvalue weighted by atomic mass is 16.4. The molecule has 1 aliphatic rings. The van der Waals surface area contributed by atoms with Gasteiger partial charge in [0.05, 0.1) is 12.4 Å². The van der Waals surface area contributed by atoms with Crippen molar-refractivity contribution in [1.82, 2.24) is 14.5 Å². The summed E-state index contributed by atoms with van der Waals surface area (Å²) >= 11 is 0. The lowest BCUT2D eigenvalue weighted by molar-refractivity contribution is -0.141. The van der Waals surface area contributed by atoms with Crippen LogP contribution in [0, 0.1) is 0 Å². The van der Waals surface area contributed by atoms with Crippen LogP contribution in [-0.4, -0.2) is 55.2 Å². The van der Waals surface area contributed by atoms with Crippen LogP contribution >= 0.6 is 0 Å². The molecule has 0 radical (unpaired) electrons. The van der Waals surface area contributed by atoms with Crippen LogP contribution in [-0.2, 0) is 11.8 Å². The van der Waals surface area contributed by atoms with E-state index in [2.05, 4.69) is 4.98 Å². The molecule has 0 spiro atoms. The van der Waals surface area contributed by atoms with E-state index >= 15 is 0 Å². The van der Waals surface area contributed by atoms with Gasteiger partial charge in [0.15, 0.2) is 0 Å². The molecule has 0 aromatic carbocycles. The number of aliphatic carboxylic acids is 1. The third kappa shape index (κ3) is 2.14. The zero-order valence-electron chi connectivity index (χ0n) is 9.28. The molecule has 0 saturated carbocycles. The number of β-amino-alcohol motifs (C(OH)–C–C–N with tert-alkyl or cyclic N) is 1. The number of imidazole rings is 1. The van der Waals surface area contributed by atoms with Gasteiger partial charge in [0, 0.05) is 26.2 Å². The van der Waals surface area contributed by atoms with Gasteiger partial charge in [0.2, 0.25) is 0 Å². The van der Waals surface area contributed by atoms with Crippen molar-refractivity contribution in [2.75, 3.05) is 6.54 Å². The number of likely N-dealkylation sites (tertiary alicyclic amines) is 1. The van der Waals surface area contributed by atoms with Crippen LogP contribution in [0.4, 0.5) is 0 Å². The Morgan fingerprint density at radius 2 is 2.24 bits per heavy atom. The van der Waals surface area contributed by atoms with Crippen LogP contribution in [0.2, 0.25) is 0 Å². The number of carbonyl (C=O) groups excluding carboxylic acids is 1. The van der Waals surface area contributed by atoms with Crippen molar-refractivity contribution in [3.63, 3.8) is 0 Å². The van der Waals surface area contributed by atoms with Crippen molar-refractivity contribution in [3.8, 4) is 0 Å². The Morgan fingerprint density at radius 3 is 2.76 bits per heavy atom. The molecule has 1 aliphatic heterocycles. The highest BCUT2D eigenvalue weighted by Crippen LogP contribution is 2.20. The predicted octanol–water partition coefficient (Wildman–Crippen LogP) is -0.920. The quantitative estimate of drug-likeness (QED) is 0.696. The summed E-state index contributed by atoms with van der Waals surface area (Å²) in [6, 6.07) is -0.973. The van der Waals surface area contributed by atoms with Crippen molar-refractivity contribution in [2.24, 2.45) is 7.05 Å². The molecule has 1 amide bonds. The lowest BCUT2D eigenvalue weighted by Gasteiger charge is -2.19. The molecule has 1 saturated heterocycles. The number of aliphatic hydroxyl groups is 1. The topological polar surface area (TPSA) is 95.7 Å². The standard InChI is InChI=1S/C10H13N3O4/c1-12-4-7(11-5-12)9(15)13-3-6(14)2-8(13)10(16)17/h4-6,8,14H,2-3H2,1H3,(H,16,17)/t6-,8+/m1/s1. The predicted molar refractivity (Wildman–Crippen MR) is 56.3 cm³/mol. The molecule has 2 rings (SSSR count). The minimum atomic E-state index is -1.11. The van der Waals surface area contributed by atoms with E-state index in [-0.39, 0.29) is 18.7 Å². The molecule has 7 heteroatoms. The first-order chi connectivity index (χ1) is 7.99. The number of hydrogen-bond acceptors (Lipinski definition) is 4. The lowest BCUT2D eigenvalue weighted by Crippen LogP contribution is -2.40. The van der Waals surface area contributed by atoms with Crippen molar-refractivity contribution in [3.05, 3.63) is 18.2 Å². The van der Waals surface area contributed by atoms with Crippen LogP contribution in [0.1, 0.15) is 16.9 Å². The van der Waals surface area contributed by atoms with Crippen LogP contribution < -0.4 is 0 Å². The number of nitrogens with zero attached hydrogens (tertiary/aromatic N) is 3. The monoisotopic (exact) mass is 239 g/mol. The number of aliphatic hydroxyl groups excluding tert-OH is 1. The molecule has 1 aromatic heterocycles. The second-order valence-corrected chi connectivity index (χ2v) is 4.13. The molecule has 0 unspecified atom stereocenters. The van der Waals surface area contributed by atoms with Crippen LogP contribution in [0.5, 0.6) is 0 Å². The number of aryl methyl sites for hydroxylation is 1. The highest BCUT2D eigenvalue weighted by molar-refractivity contribution is 5.95. The Labute approximate surface area is 97.3 Å². The van der Waals surface area contributed by atoms with Crippen molar-refractivity contribution in [2.45, 2.75) is 18.6 Å². The first kappa shape index (κ1) is 11.6. The van der Waals surface area contributed by atoms with Crippen molar-refractivity contribution >= 4 is 11.9 Å². The van der Waals surface area contributed by atoms with E-state index in [4.69, 9.17) is 5.11 Å². The summed E-state index contributed by atoms with van der Waals surface area (Å²) in [4.78, 5) is 28.0. The second kappa shape index (κ2) is 4.17. The maximum absolute atomic E-state index is 12.0. The van der Waals surface area contributed by atoms with E-state index in [9.17, 15) is 14.7 Å². The summed E-state index contributed by atoms with van der Waals surface area (Å²) in [6.07, 6.45) is 2.26. The first-order valence-corrected chi connectivity index (χ1v) is 5.19. The fraction of sp³-hybridized carbons (Fsp3) is 0.500. The average Bonchev–Trinajstić information content (AvgIpc) is 2.83. The Kier molecular flexibility index (Phi) is 2.84. The van der Waals surface area contributed by atoms with E-state index in [0.29, 0.717) is 0 Å². The molecule has 2 atom stereocenters. The van der Waals surface area contributed by atoms with Gasteiger partial charge in [-0.05, 0) is 0 Å². The van der Waals surface area contributed by atoms with E-state index in [1.807, 2.05) is 0 Å². The van der Waals surface area contributed by atoms with Crippen molar-refractivity contribution in [1.29, 1.82) is 0 Å². The molecule has 0 bridgehead atoms. The van der Waals surface area contributed by atoms with Crippen LogP contribution in [0.25, 0.3) is 0 Å². The molecular weight excluding hydrogens is 226 g/mol. The number of rotatable bonds is 2. The molecule has 92 valence electrons. The van der Waals surface area contributed by atoms with Gasteiger partial charge in [0.1, 0.15) is 11.7 Å². The van der Waals surface area contributed by atoms with Crippen LogP contribution in [0.3, 0.4) is 0 Å². The van der Waals surface area contributed by atoms with E-state index in [1.165, 1.54) is 12.5 Å². The van der Waals surface area contributed by atoms with E-state index in [0.717, 1.165) is 4.90 Å². The van der Waals surface area contributed by atoms with Crippen molar-refractivity contribution < 1.29 is 19.8 Å². The summed E-state index contributed by atoms with van der Waals surface area (Å²) in [5.74, 6) is -1.57. The Hall–Kier alpha value is -1.89. The second-order valence-electron chi connectivity index (χ2n) is 4.13. The lowest BCUT2D eigenvalue weighted by atomic mass is 10.2. The SMILES string of the molecule is Cn1cnc(C(=O)N2C[C@H](O)C[C@H]2C(=O)O)c1. The van der Waals surface area contributed by atoms with Gasteiger partial charge >= 0.3 is 5.97 Å². The van der Waals surface area contributed by atoms with Gasteiger partial charge in [-0.25, -0.2) is 9.78 Å². The number of hydrogen-bond donors (Lipinski definition) is 2.